The minimum absolute atomic E-state index is 0.00664. The predicted octanol–water partition coefficient (Wildman–Crippen LogP) is 3.74. The maximum atomic E-state index is 12.0. The summed E-state index contributed by atoms with van der Waals surface area (Å²) in [6.07, 6.45) is 0.00664. The lowest BCUT2D eigenvalue weighted by Crippen LogP contribution is -2.28. The molecule has 1 aromatic heterocycles. The number of ether oxygens (including phenoxy) is 1. The van der Waals surface area contributed by atoms with Gasteiger partial charge in [0.05, 0.1) is 17.7 Å². The van der Waals surface area contributed by atoms with Gasteiger partial charge in [0.15, 0.2) is 5.76 Å². The van der Waals surface area contributed by atoms with E-state index < -0.39 is 6.03 Å². The first-order valence-corrected chi connectivity index (χ1v) is 8.45. The van der Waals surface area contributed by atoms with E-state index in [0.29, 0.717) is 22.2 Å². The van der Waals surface area contributed by atoms with Gasteiger partial charge in [-0.1, -0.05) is 11.6 Å². The Balaban J connectivity index is 1.89. The van der Waals surface area contributed by atoms with Gasteiger partial charge < -0.3 is 24.7 Å². The summed E-state index contributed by atoms with van der Waals surface area (Å²) in [6.45, 7) is 3.96. The summed E-state index contributed by atoms with van der Waals surface area (Å²) in [5, 5.41) is 5.74. The van der Waals surface area contributed by atoms with E-state index >= 15 is 0 Å². The van der Waals surface area contributed by atoms with E-state index in [-0.39, 0.29) is 24.3 Å². The monoisotopic (exact) mass is 379 g/mol. The van der Waals surface area contributed by atoms with Crippen molar-refractivity contribution in [2.45, 2.75) is 26.5 Å². The van der Waals surface area contributed by atoms with Crippen LogP contribution in [0.1, 0.15) is 30.2 Å². The molecule has 1 heterocycles. The molecule has 0 aliphatic heterocycles. The lowest BCUT2D eigenvalue weighted by molar-refractivity contribution is 0.0794. The van der Waals surface area contributed by atoms with Crippen molar-refractivity contribution in [1.82, 2.24) is 10.2 Å². The molecule has 0 aliphatic carbocycles. The fraction of sp³-hybridized carbons (Fsp3) is 0.333. The van der Waals surface area contributed by atoms with Crippen molar-refractivity contribution in [2.75, 3.05) is 19.4 Å². The van der Waals surface area contributed by atoms with Crippen LogP contribution >= 0.6 is 11.6 Å². The van der Waals surface area contributed by atoms with E-state index in [0.717, 1.165) is 0 Å². The van der Waals surface area contributed by atoms with Gasteiger partial charge in [0.25, 0.3) is 5.91 Å². The Morgan fingerprint density at radius 2 is 1.96 bits per heavy atom. The molecule has 0 spiro atoms. The van der Waals surface area contributed by atoms with E-state index in [1.807, 2.05) is 13.8 Å². The molecule has 26 heavy (non-hydrogen) atoms. The first-order chi connectivity index (χ1) is 12.3. The number of anilines is 1. The molecule has 1 aromatic carbocycles. The average Bonchev–Trinajstić information content (AvgIpc) is 3.03. The van der Waals surface area contributed by atoms with Crippen molar-refractivity contribution in [3.8, 4) is 5.75 Å². The molecule has 0 atom stereocenters. The Morgan fingerprint density at radius 3 is 2.58 bits per heavy atom. The quantitative estimate of drug-likeness (QED) is 0.800. The minimum Gasteiger partial charge on any atom is -0.489 e. The number of amides is 3. The van der Waals surface area contributed by atoms with Crippen molar-refractivity contribution < 1.29 is 18.7 Å². The molecule has 7 nitrogen and oxygen atoms in total. The Hall–Kier alpha value is -2.67. The molecule has 0 radical (unpaired) electrons. The highest BCUT2D eigenvalue weighted by molar-refractivity contribution is 6.32. The average molecular weight is 380 g/mol. The topological polar surface area (TPSA) is 83.8 Å². The largest absolute Gasteiger partial charge is 0.489 e. The van der Waals surface area contributed by atoms with E-state index in [4.69, 9.17) is 20.8 Å². The normalized spacial score (nSPS) is 10.5. The van der Waals surface area contributed by atoms with Gasteiger partial charge in [0, 0.05) is 19.8 Å². The highest BCUT2D eigenvalue weighted by Crippen LogP contribution is 2.28. The first kappa shape index (κ1) is 19.7. The third kappa shape index (κ3) is 5.42. The predicted molar refractivity (Wildman–Crippen MR) is 99.8 cm³/mol. The minimum atomic E-state index is -0.421. The van der Waals surface area contributed by atoms with Crippen LogP contribution in [0.5, 0.6) is 5.75 Å². The summed E-state index contributed by atoms with van der Waals surface area (Å²) in [7, 11) is 3.28. The molecule has 0 unspecified atom stereocenters. The number of urea groups is 1. The van der Waals surface area contributed by atoms with Crippen molar-refractivity contribution in [3.05, 3.63) is 46.9 Å². The zero-order valence-corrected chi connectivity index (χ0v) is 15.9. The Morgan fingerprint density at radius 1 is 1.23 bits per heavy atom. The first-order valence-electron chi connectivity index (χ1n) is 8.07. The molecule has 2 rings (SSSR count). The number of rotatable bonds is 6. The van der Waals surface area contributed by atoms with Crippen LogP contribution in [0, 0.1) is 0 Å². The molecule has 2 aromatic rings. The number of hydrogen-bond donors (Lipinski definition) is 2. The van der Waals surface area contributed by atoms with Crippen LogP contribution in [-0.4, -0.2) is 37.0 Å². The lowest BCUT2D eigenvalue weighted by atomic mass is 10.3. The van der Waals surface area contributed by atoms with Gasteiger partial charge in [-0.05, 0) is 44.2 Å². The number of hydrogen-bond acceptors (Lipinski definition) is 4. The second kappa shape index (κ2) is 8.62. The maximum absolute atomic E-state index is 12.0. The molecule has 0 aliphatic rings. The molecule has 0 saturated heterocycles. The second-order valence-corrected chi connectivity index (χ2v) is 6.49. The van der Waals surface area contributed by atoms with E-state index in [1.165, 1.54) is 4.90 Å². The lowest BCUT2D eigenvalue weighted by Gasteiger charge is -2.13. The number of nitrogens with one attached hydrogen (secondary N) is 2. The molecule has 8 heteroatoms. The standard InChI is InChI=1S/C18H22ClN3O4/c1-11(2)25-15-7-5-12(9-14(15)19)21-18(24)20-10-13-6-8-16(26-13)17(23)22(3)4/h5-9,11H,10H2,1-4H3,(H2,20,21,24). The van der Waals surface area contributed by atoms with Gasteiger partial charge in [0.2, 0.25) is 0 Å². The van der Waals surface area contributed by atoms with Crippen LogP contribution in [0.25, 0.3) is 0 Å². The number of nitrogens with zero attached hydrogens (tertiary/aromatic N) is 1. The third-order valence-electron chi connectivity index (χ3n) is 3.25. The van der Waals surface area contributed by atoms with Crippen LogP contribution < -0.4 is 15.4 Å². The van der Waals surface area contributed by atoms with Gasteiger partial charge in [-0.15, -0.1) is 0 Å². The van der Waals surface area contributed by atoms with Gasteiger partial charge in [-0.2, -0.15) is 0 Å². The summed E-state index contributed by atoms with van der Waals surface area (Å²) < 4.78 is 11.0. The molecule has 0 saturated carbocycles. The fourth-order valence-electron chi connectivity index (χ4n) is 2.08. The molecule has 2 N–H and O–H groups in total. The van der Waals surface area contributed by atoms with Crippen LogP contribution in [0.3, 0.4) is 0 Å². The van der Waals surface area contributed by atoms with E-state index in [2.05, 4.69) is 10.6 Å². The molecular weight excluding hydrogens is 358 g/mol. The van der Waals surface area contributed by atoms with E-state index in [9.17, 15) is 9.59 Å². The van der Waals surface area contributed by atoms with E-state index in [1.54, 1.807) is 44.4 Å². The zero-order valence-electron chi connectivity index (χ0n) is 15.1. The summed E-state index contributed by atoms with van der Waals surface area (Å²) in [5.41, 5.74) is 0.534. The van der Waals surface area contributed by atoms with Crippen molar-refractivity contribution in [2.24, 2.45) is 0 Å². The number of carbonyl (C=O) groups excluding carboxylic acids is 2. The Kier molecular flexibility index (Phi) is 6.52. The number of carbonyl (C=O) groups is 2. The van der Waals surface area contributed by atoms with Crippen LogP contribution in [0.4, 0.5) is 10.5 Å². The van der Waals surface area contributed by atoms with Gasteiger partial charge in [0.1, 0.15) is 11.5 Å². The number of benzene rings is 1. The molecule has 140 valence electrons. The highest BCUT2D eigenvalue weighted by Gasteiger charge is 2.13. The number of furan rings is 1. The van der Waals surface area contributed by atoms with Crippen molar-refractivity contribution in [3.63, 3.8) is 0 Å². The summed E-state index contributed by atoms with van der Waals surface area (Å²) >= 11 is 6.14. The summed E-state index contributed by atoms with van der Waals surface area (Å²) in [4.78, 5) is 25.2. The molecule has 3 amide bonds. The molecule has 0 bridgehead atoms. The molecular formula is C18H22ClN3O4. The van der Waals surface area contributed by atoms with Crippen molar-refractivity contribution >= 4 is 29.2 Å². The Bertz CT molecular complexity index is 786. The third-order valence-corrected chi connectivity index (χ3v) is 3.55. The van der Waals surface area contributed by atoms with Gasteiger partial charge in [-0.25, -0.2) is 4.79 Å². The van der Waals surface area contributed by atoms with Gasteiger partial charge in [-0.3, -0.25) is 4.79 Å². The summed E-state index contributed by atoms with van der Waals surface area (Å²) in [6, 6.07) is 7.80. The van der Waals surface area contributed by atoms with Crippen LogP contribution in [0.2, 0.25) is 5.02 Å². The van der Waals surface area contributed by atoms with Crippen LogP contribution in [-0.2, 0) is 6.54 Å². The second-order valence-electron chi connectivity index (χ2n) is 6.09. The SMILES string of the molecule is CC(C)Oc1ccc(NC(=O)NCc2ccc(C(=O)N(C)C)o2)cc1Cl. The highest BCUT2D eigenvalue weighted by atomic mass is 35.5. The fourth-order valence-corrected chi connectivity index (χ4v) is 2.30. The Labute approximate surface area is 157 Å². The summed E-state index contributed by atoms with van der Waals surface area (Å²) in [5.74, 6) is 1.02. The number of halogens is 1. The van der Waals surface area contributed by atoms with Crippen molar-refractivity contribution in [1.29, 1.82) is 0 Å². The maximum Gasteiger partial charge on any atom is 0.319 e. The smallest absolute Gasteiger partial charge is 0.319 e. The van der Waals surface area contributed by atoms with Crippen LogP contribution in [0.15, 0.2) is 34.7 Å². The zero-order chi connectivity index (χ0) is 19.3. The molecule has 0 fully saturated rings. The van der Waals surface area contributed by atoms with Gasteiger partial charge >= 0.3 is 6.03 Å².